The maximum Gasteiger partial charge on any atom is 0.226 e. The number of rotatable bonds is 5. The third kappa shape index (κ3) is 4.00. The van der Waals surface area contributed by atoms with Crippen molar-refractivity contribution in [2.45, 2.75) is 19.4 Å². The zero-order valence-electron chi connectivity index (χ0n) is 12.3. The van der Waals surface area contributed by atoms with E-state index >= 15 is 0 Å². The Balaban J connectivity index is 1.98. The zero-order chi connectivity index (χ0) is 16.1. The number of ether oxygens (including phenoxy) is 1. The maximum absolute atomic E-state index is 13.6. The van der Waals surface area contributed by atoms with Crippen LogP contribution in [0.25, 0.3) is 0 Å². The number of pyridine rings is 1. The summed E-state index contributed by atoms with van der Waals surface area (Å²) in [5.74, 6) is -1.06. The highest BCUT2D eigenvalue weighted by Gasteiger charge is 2.13. The van der Waals surface area contributed by atoms with Gasteiger partial charge in [0.2, 0.25) is 5.91 Å². The van der Waals surface area contributed by atoms with Crippen molar-refractivity contribution in [1.82, 2.24) is 10.3 Å². The SMILES string of the molecule is COc1ccc([C@H](C)NC(=O)Cc2ccc(F)cn2)cc1F. The van der Waals surface area contributed by atoms with Crippen LogP contribution in [-0.4, -0.2) is 18.0 Å². The van der Waals surface area contributed by atoms with E-state index in [2.05, 4.69) is 10.3 Å². The van der Waals surface area contributed by atoms with Crippen molar-refractivity contribution in [3.8, 4) is 5.75 Å². The Labute approximate surface area is 127 Å². The van der Waals surface area contributed by atoms with Crippen LogP contribution in [0.5, 0.6) is 5.75 Å². The van der Waals surface area contributed by atoms with E-state index < -0.39 is 11.6 Å². The number of amides is 1. The van der Waals surface area contributed by atoms with Gasteiger partial charge in [-0.3, -0.25) is 9.78 Å². The van der Waals surface area contributed by atoms with Gasteiger partial charge in [0.15, 0.2) is 11.6 Å². The van der Waals surface area contributed by atoms with Crippen molar-refractivity contribution in [2.24, 2.45) is 0 Å². The van der Waals surface area contributed by atoms with E-state index in [1.165, 1.54) is 31.4 Å². The van der Waals surface area contributed by atoms with Gasteiger partial charge in [-0.15, -0.1) is 0 Å². The van der Waals surface area contributed by atoms with Gasteiger partial charge in [0.05, 0.1) is 25.8 Å². The van der Waals surface area contributed by atoms with Gasteiger partial charge in [-0.25, -0.2) is 8.78 Å². The van der Waals surface area contributed by atoms with Crippen LogP contribution < -0.4 is 10.1 Å². The number of nitrogens with one attached hydrogen (secondary N) is 1. The van der Waals surface area contributed by atoms with Crippen LogP contribution in [0.3, 0.4) is 0 Å². The number of aromatic nitrogens is 1. The Morgan fingerprint density at radius 3 is 2.68 bits per heavy atom. The molecule has 0 bridgehead atoms. The number of benzene rings is 1. The minimum absolute atomic E-state index is 0.0310. The molecule has 0 aliphatic rings. The van der Waals surface area contributed by atoms with Crippen molar-refractivity contribution < 1.29 is 18.3 Å². The van der Waals surface area contributed by atoms with Crippen LogP contribution in [0.1, 0.15) is 24.2 Å². The highest BCUT2D eigenvalue weighted by atomic mass is 19.1. The number of halogens is 2. The molecule has 0 aliphatic carbocycles. The van der Waals surface area contributed by atoms with Gasteiger partial charge in [-0.2, -0.15) is 0 Å². The molecule has 0 saturated heterocycles. The largest absolute Gasteiger partial charge is 0.494 e. The topological polar surface area (TPSA) is 51.2 Å². The average Bonchev–Trinajstić information content (AvgIpc) is 2.49. The van der Waals surface area contributed by atoms with Gasteiger partial charge in [0.25, 0.3) is 0 Å². The highest BCUT2D eigenvalue weighted by Crippen LogP contribution is 2.21. The van der Waals surface area contributed by atoms with E-state index in [4.69, 9.17) is 4.74 Å². The third-order valence-electron chi connectivity index (χ3n) is 3.18. The fourth-order valence-electron chi connectivity index (χ4n) is 2.00. The van der Waals surface area contributed by atoms with E-state index in [0.29, 0.717) is 11.3 Å². The molecule has 1 aromatic carbocycles. The van der Waals surface area contributed by atoms with Crippen molar-refractivity contribution in [2.75, 3.05) is 7.11 Å². The minimum atomic E-state index is -0.485. The summed E-state index contributed by atoms with van der Waals surface area (Å²) in [5.41, 5.74) is 1.09. The molecule has 2 aromatic rings. The van der Waals surface area contributed by atoms with E-state index in [1.54, 1.807) is 13.0 Å². The lowest BCUT2D eigenvalue weighted by atomic mass is 10.1. The predicted molar refractivity (Wildman–Crippen MR) is 77.4 cm³/mol. The molecule has 0 unspecified atom stereocenters. The fraction of sp³-hybridized carbons (Fsp3) is 0.250. The van der Waals surface area contributed by atoms with Crippen LogP contribution in [-0.2, 0) is 11.2 Å². The highest BCUT2D eigenvalue weighted by molar-refractivity contribution is 5.78. The van der Waals surface area contributed by atoms with Crippen LogP contribution in [0.2, 0.25) is 0 Å². The number of carbonyl (C=O) groups excluding carboxylic acids is 1. The van der Waals surface area contributed by atoms with Gasteiger partial charge >= 0.3 is 0 Å². The summed E-state index contributed by atoms with van der Waals surface area (Å²) < 4.78 is 31.2. The molecule has 1 heterocycles. The van der Waals surface area contributed by atoms with E-state index in [1.807, 2.05) is 0 Å². The summed E-state index contributed by atoms with van der Waals surface area (Å²) in [7, 11) is 1.39. The van der Waals surface area contributed by atoms with Crippen LogP contribution >= 0.6 is 0 Å². The van der Waals surface area contributed by atoms with E-state index in [-0.39, 0.29) is 24.1 Å². The molecule has 1 amide bonds. The summed E-state index contributed by atoms with van der Waals surface area (Å²) in [5, 5.41) is 2.74. The smallest absolute Gasteiger partial charge is 0.226 e. The summed E-state index contributed by atoms with van der Waals surface area (Å²) in [6, 6.07) is 6.84. The molecule has 6 heteroatoms. The Kier molecular flexibility index (Phi) is 5.04. The molecule has 0 fully saturated rings. The average molecular weight is 306 g/mol. The molecule has 116 valence electrons. The van der Waals surface area contributed by atoms with E-state index in [0.717, 1.165) is 6.20 Å². The number of nitrogens with zero attached hydrogens (tertiary/aromatic N) is 1. The lowest BCUT2D eigenvalue weighted by Gasteiger charge is -2.15. The summed E-state index contributed by atoms with van der Waals surface area (Å²) in [6.45, 7) is 1.75. The standard InChI is InChI=1S/C16H16F2N2O2/c1-10(11-3-6-15(22-2)14(18)7-11)20-16(21)8-13-5-4-12(17)9-19-13/h3-7,9-10H,8H2,1-2H3,(H,20,21)/t10-/m0/s1. The quantitative estimate of drug-likeness (QED) is 0.924. The lowest BCUT2D eigenvalue weighted by Crippen LogP contribution is -2.28. The number of methoxy groups -OCH3 is 1. The second kappa shape index (κ2) is 6.98. The third-order valence-corrected chi connectivity index (χ3v) is 3.18. The van der Waals surface area contributed by atoms with Gasteiger partial charge in [0, 0.05) is 5.69 Å². The lowest BCUT2D eigenvalue weighted by molar-refractivity contribution is -0.121. The van der Waals surface area contributed by atoms with Crippen LogP contribution in [0.4, 0.5) is 8.78 Å². The molecular weight excluding hydrogens is 290 g/mol. The molecule has 1 atom stereocenters. The van der Waals surface area contributed by atoms with Gasteiger partial charge in [0.1, 0.15) is 5.82 Å². The first-order valence-corrected chi connectivity index (χ1v) is 6.73. The van der Waals surface area contributed by atoms with Gasteiger partial charge < -0.3 is 10.1 Å². The molecule has 1 N–H and O–H groups in total. The maximum atomic E-state index is 13.6. The minimum Gasteiger partial charge on any atom is -0.494 e. The predicted octanol–water partition coefficient (Wildman–Crippen LogP) is 2.79. The first-order chi connectivity index (χ1) is 10.5. The number of hydrogen-bond donors (Lipinski definition) is 1. The second-order valence-corrected chi connectivity index (χ2v) is 4.83. The van der Waals surface area contributed by atoms with Crippen molar-refractivity contribution in [3.63, 3.8) is 0 Å². The molecule has 2 rings (SSSR count). The van der Waals surface area contributed by atoms with Crippen molar-refractivity contribution in [1.29, 1.82) is 0 Å². The molecule has 0 aliphatic heterocycles. The van der Waals surface area contributed by atoms with Gasteiger partial charge in [-0.1, -0.05) is 6.07 Å². The van der Waals surface area contributed by atoms with Gasteiger partial charge in [-0.05, 0) is 36.8 Å². The Morgan fingerprint density at radius 2 is 2.09 bits per heavy atom. The second-order valence-electron chi connectivity index (χ2n) is 4.83. The summed E-state index contributed by atoms with van der Waals surface area (Å²) in [6.07, 6.45) is 1.09. The zero-order valence-corrected chi connectivity index (χ0v) is 12.3. The molecule has 0 spiro atoms. The molecule has 1 aromatic heterocycles. The molecule has 0 saturated carbocycles. The first kappa shape index (κ1) is 15.9. The molecule has 4 nitrogen and oxygen atoms in total. The summed E-state index contributed by atoms with van der Waals surface area (Å²) in [4.78, 5) is 15.7. The Hall–Kier alpha value is -2.50. The molecule has 0 radical (unpaired) electrons. The Bertz CT molecular complexity index is 660. The number of hydrogen-bond acceptors (Lipinski definition) is 3. The molecule has 22 heavy (non-hydrogen) atoms. The molecular formula is C16H16F2N2O2. The summed E-state index contributed by atoms with van der Waals surface area (Å²) >= 11 is 0. The first-order valence-electron chi connectivity index (χ1n) is 6.73. The van der Waals surface area contributed by atoms with Crippen LogP contribution in [0, 0.1) is 11.6 Å². The van der Waals surface area contributed by atoms with Crippen LogP contribution in [0.15, 0.2) is 36.5 Å². The van der Waals surface area contributed by atoms with E-state index in [9.17, 15) is 13.6 Å². The van der Waals surface area contributed by atoms with Crippen molar-refractivity contribution >= 4 is 5.91 Å². The Morgan fingerprint density at radius 1 is 1.32 bits per heavy atom. The number of carbonyl (C=O) groups is 1. The monoisotopic (exact) mass is 306 g/mol. The fourth-order valence-corrected chi connectivity index (χ4v) is 2.00. The van der Waals surface area contributed by atoms with Crippen molar-refractivity contribution in [3.05, 3.63) is 59.4 Å². The normalized spacial score (nSPS) is 11.8.